The van der Waals surface area contributed by atoms with E-state index < -0.39 is 0 Å². The van der Waals surface area contributed by atoms with Crippen LogP contribution in [0, 0.1) is 5.92 Å². The molecule has 0 spiro atoms. The van der Waals surface area contributed by atoms with Crippen LogP contribution in [-0.4, -0.2) is 20.5 Å². The SMILES string of the molecule is CCn1c(CCC(=O)Cc2ccc3ccccc3c2)nnc1CCC1CCCCC1. The van der Waals surface area contributed by atoms with E-state index in [4.69, 9.17) is 0 Å². The second-order valence-corrected chi connectivity index (χ2v) is 8.72. The predicted molar refractivity (Wildman–Crippen MR) is 122 cm³/mol. The van der Waals surface area contributed by atoms with Gasteiger partial charge in [-0.1, -0.05) is 74.6 Å². The van der Waals surface area contributed by atoms with Gasteiger partial charge in [-0.05, 0) is 35.6 Å². The number of ketones is 1. The van der Waals surface area contributed by atoms with Gasteiger partial charge in [0.25, 0.3) is 0 Å². The maximum Gasteiger partial charge on any atom is 0.137 e. The molecule has 4 heteroatoms. The zero-order valence-electron chi connectivity index (χ0n) is 18.1. The van der Waals surface area contributed by atoms with E-state index in [1.54, 1.807) is 0 Å². The molecule has 0 saturated heterocycles. The van der Waals surface area contributed by atoms with Crippen LogP contribution in [0.3, 0.4) is 0 Å². The number of aryl methyl sites for hydroxylation is 2. The molecular weight excluding hydrogens is 370 g/mol. The topological polar surface area (TPSA) is 47.8 Å². The summed E-state index contributed by atoms with van der Waals surface area (Å²) in [5.74, 6) is 3.18. The largest absolute Gasteiger partial charge is 0.315 e. The molecular formula is C26H33N3O. The van der Waals surface area contributed by atoms with Gasteiger partial charge in [0, 0.05) is 32.2 Å². The van der Waals surface area contributed by atoms with E-state index in [-0.39, 0.29) is 5.78 Å². The maximum absolute atomic E-state index is 12.6. The van der Waals surface area contributed by atoms with E-state index in [2.05, 4.69) is 52.0 Å². The van der Waals surface area contributed by atoms with Crippen LogP contribution in [-0.2, 0) is 30.6 Å². The molecule has 1 aromatic heterocycles. The zero-order valence-corrected chi connectivity index (χ0v) is 18.1. The third-order valence-electron chi connectivity index (χ3n) is 6.56. The molecule has 4 nitrogen and oxygen atoms in total. The summed E-state index contributed by atoms with van der Waals surface area (Å²) in [5, 5.41) is 11.3. The van der Waals surface area contributed by atoms with Crippen LogP contribution < -0.4 is 0 Å². The lowest BCUT2D eigenvalue weighted by Crippen LogP contribution is -2.12. The van der Waals surface area contributed by atoms with Crippen molar-refractivity contribution in [2.45, 2.75) is 77.7 Å². The van der Waals surface area contributed by atoms with Crippen LogP contribution in [0.25, 0.3) is 10.8 Å². The van der Waals surface area contributed by atoms with Gasteiger partial charge >= 0.3 is 0 Å². The third-order valence-corrected chi connectivity index (χ3v) is 6.56. The molecule has 0 atom stereocenters. The highest BCUT2D eigenvalue weighted by molar-refractivity contribution is 5.86. The number of carbonyl (C=O) groups excluding carboxylic acids is 1. The fourth-order valence-corrected chi connectivity index (χ4v) is 4.83. The van der Waals surface area contributed by atoms with E-state index >= 15 is 0 Å². The molecule has 0 N–H and O–H groups in total. The van der Waals surface area contributed by atoms with Crippen LogP contribution in [0.5, 0.6) is 0 Å². The number of carbonyl (C=O) groups is 1. The van der Waals surface area contributed by atoms with Gasteiger partial charge in [0.2, 0.25) is 0 Å². The predicted octanol–water partition coefficient (Wildman–Crippen LogP) is 5.71. The Hall–Kier alpha value is -2.49. The number of Topliss-reactive ketones (excluding diaryl/α,β-unsaturated/α-hetero) is 1. The standard InChI is InChI=1S/C26H33N3O/c1-2-29-25(16-13-20-8-4-3-5-9-20)27-28-26(29)17-15-24(30)19-21-12-14-22-10-6-7-11-23(22)18-21/h6-7,10-12,14,18,20H,2-5,8-9,13,15-17,19H2,1H3. The average molecular weight is 404 g/mol. The molecule has 4 rings (SSSR count). The molecule has 2 aromatic carbocycles. The Kier molecular flexibility index (Phi) is 6.93. The second-order valence-electron chi connectivity index (χ2n) is 8.72. The number of nitrogens with zero attached hydrogens (tertiary/aromatic N) is 3. The van der Waals surface area contributed by atoms with Gasteiger partial charge in [0.05, 0.1) is 0 Å². The highest BCUT2D eigenvalue weighted by Crippen LogP contribution is 2.27. The Bertz CT molecular complexity index is 985. The highest BCUT2D eigenvalue weighted by Gasteiger charge is 2.17. The smallest absolute Gasteiger partial charge is 0.137 e. The lowest BCUT2D eigenvalue weighted by molar-refractivity contribution is -0.118. The van der Waals surface area contributed by atoms with Crippen molar-refractivity contribution < 1.29 is 4.79 Å². The van der Waals surface area contributed by atoms with E-state index in [0.29, 0.717) is 19.3 Å². The Balaban J connectivity index is 1.32. The van der Waals surface area contributed by atoms with Crippen molar-refractivity contribution in [3.05, 3.63) is 59.7 Å². The zero-order chi connectivity index (χ0) is 20.8. The third kappa shape index (κ3) is 5.16. The summed E-state index contributed by atoms with van der Waals surface area (Å²) < 4.78 is 2.23. The summed E-state index contributed by atoms with van der Waals surface area (Å²) in [6.07, 6.45) is 10.8. The fourth-order valence-electron chi connectivity index (χ4n) is 4.83. The molecule has 1 aliphatic carbocycles. The monoisotopic (exact) mass is 403 g/mol. The summed E-state index contributed by atoms with van der Waals surface area (Å²) >= 11 is 0. The molecule has 0 aliphatic heterocycles. The first-order valence-corrected chi connectivity index (χ1v) is 11.6. The average Bonchev–Trinajstić information content (AvgIpc) is 3.18. The quantitative estimate of drug-likeness (QED) is 0.460. The van der Waals surface area contributed by atoms with Gasteiger partial charge in [-0.3, -0.25) is 4.79 Å². The Morgan fingerprint density at radius 3 is 2.47 bits per heavy atom. The first-order valence-electron chi connectivity index (χ1n) is 11.6. The second kappa shape index (κ2) is 10.0. The van der Waals surface area contributed by atoms with Gasteiger partial charge in [-0.15, -0.1) is 10.2 Å². The molecule has 1 fully saturated rings. The van der Waals surface area contributed by atoms with E-state index in [1.807, 2.05) is 12.1 Å². The van der Waals surface area contributed by atoms with Gasteiger partial charge < -0.3 is 4.57 Å². The molecule has 1 saturated carbocycles. The molecule has 0 unspecified atom stereocenters. The van der Waals surface area contributed by atoms with Crippen molar-refractivity contribution in [3.8, 4) is 0 Å². The van der Waals surface area contributed by atoms with Gasteiger partial charge in [-0.2, -0.15) is 0 Å². The minimum atomic E-state index is 0.264. The number of aromatic nitrogens is 3. The first kappa shape index (κ1) is 20.8. The van der Waals surface area contributed by atoms with Crippen molar-refractivity contribution in [1.29, 1.82) is 0 Å². The van der Waals surface area contributed by atoms with Gasteiger partial charge in [0.15, 0.2) is 0 Å². The summed E-state index contributed by atoms with van der Waals surface area (Å²) in [4.78, 5) is 12.6. The molecule has 158 valence electrons. The molecule has 1 heterocycles. The number of rotatable bonds is 9. The number of benzene rings is 2. The normalized spacial score (nSPS) is 15.0. The Morgan fingerprint density at radius 2 is 1.70 bits per heavy atom. The molecule has 30 heavy (non-hydrogen) atoms. The first-order chi connectivity index (χ1) is 14.7. The Morgan fingerprint density at radius 1 is 0.967 bits per heavy atom. The van der Waals surface area contributed by atoms with Gasteiger partial charge in [-0.25, -0.2) is 0 Å². The van der Waals surface area contributed by atoms with Crippen molar-refractivity contribution in [2.75, 3.05) is 0 Å². The summed E-state index contributed by atoms with van der Waals surface area (Å²) in [6.45, 7) is 3.02. The van der Waals surface area contributed by atoms with Crippen molar-refractivity contribution in [3.63, 3.8) is 0 Å². The van der Waals surface area contributed by atoms with Crippen molar-refractivity contribution in [2.24, 2.45) is 5.92 Å². The number of fused-ring (bicyclic) bond motifs is 1. The van der Waals surface area contributed by atoms with Gasteiger partial charge in [0.1, 0.15) is 17.4 Å². The van der Waals surface area contributed by atoms with Crippen LogP contribution in [0.1, 0.15) is 69.1 Å². The highest BCUT2D eigenvalue weighted by atomic mass is 16.1. The van der Waals surface area contributed by atoms with E-state index in [0.717, 1.165) is 36.1 Å². The molecule has 0 amide bonds. The van der Waals surface area contributed by atoms with Crippen LogP contribution in [0.2, 0.25) is 0 Å². The Labute approximate surface area is 179 Å². The number of hydrogen-bond acceptors (Lipinski definition) is 3. The lowest BCUT2D eigenvalue weighted by atomic mass is 9.86. The fraction of sp³-hybridized carbons (Fsp3) is 0.500. The molecule has 0 radical (unpaired) electrons. The number of hydrogen-bond donors (Lipinski definition) is 0. The lowest BCUT2D eigenvalue weighted by Gasteiger charge is -2.21. The minimum Gasteiger partial charge on any atom is -0.315 e. The summed E-state index contributed by atoms with van der Waals surface area (Å²) in [7, 11) is 0. The van der Waals surface area contributed by atoms with E-state index in [9.17, 15) is 4.79 Å². The van der Waals surface area contributed by atoms with Crippen molar-refractivity contribution >= 4 is 16.6 Å². The molecule has 1 aliphatic rings. The minimum absolute atomic E-state index is 0.264. The van der Waals surface area contributed by atoms with Crippen LogP contribution >= 0.6 is 0 Å². The molecule has 0 bridgehead atoms. The summed E-state index contributed by atoms with van der Waals surface area (Å²) in [6, 6.07) is 14.6. The maximum atomic E-state index is 12.6. The molecule has 3 aromatic rings. The van der Waals surface area contributed by atoms with E-state index in [1.165, 1.54) is 49.3 Å². The summed E-state index contributed by atoms with van der Waals surface area (Å²) in [5.41, 5.74) is 1.09. The van der Waals surface area contributed by atoms with Crippen LogP contribution in [0.15, 0.2) is 42.5 Å². The van der Waals surface area contributed by atoms with Crippen molar-refractivity contribution in [1.82, 2.24) is 14.8 Å². The van der Waals surface area contributed by atoms with Crippen LogP contribution in [0.4, 0.5) is 0 Å².